The number of urea groups is 1. The molecule has 4 N–H and O–H groups in total. The number of carbonyl (C=O) groups excluding carboxylic acids is 1. The Bertz CT molecular complexity index is 783. The van der Waals surface area contributed by atoms with Gasteiger partial charge in [0.1, 0.15) is 6.04 Å². The molecule has 1 unspecified atom stereocenters. The topological polar surface area (TPSA) is 164 Å². The van der Waals surface area contributed by atoms with Gasteiger partial charge in [0.2, 0.25) is 11.8 Å². The molecule has 2 amide bonds. The number of piperidine rings is 1. The van der Waals surface area contributed by atoms with Gasteiger partial charge in [-0.3, -0.25) is 4.55 Å². The summed E-state index contributed by atoms with van der Waals surface area (Å²) in [5.41, 5.74) is 5.85. The number of nitrogens with two attached hydrogens (primary N) is 1. The van der Waals surface area contributed by atoms with E-state index in [9.17, 15) is 13.2 Å². The first-order chi connectivity index (χ1) is 11.8. The van der Waals surface area contributed by atoms with Crippen LogP contribution in [0.5, 0.6) is 0 Å². The minimum absolute atomic E-state index is 0.0297. The van der Waals surface area contributed by atoms with Crippen molar-refractivity contribution in [3.63, 3.8) is 0 Å². The summed E-state index contributed by atoms with van der Waals surface area (Å²) in [4.78, 5) is 13.8. The molecule has 12 nitrogen and oxygen atoms in total. The zero-order valence-corrected chi connectivity index (χ0v) is 13.9. The minimum atomic E-state index is -4.77. The highest BCUT2D eigenvalue weighted by atomic mass is 32.3. The van der Waals surface area contributed by atoms with Crippen molar-refractivity contribution in [2.45, 2.75) is 43.4 Å². The molecule has 13 heteroatoms. The number of nitrogens with zero attached hydrogens (tertiary/aromatic N) is 4. The van der Waals surface area contributed by atoms with Crippen LogP contribution in [0.2, 0.25) is 0 Å². The molecule has 3 fully saturated rings. The van der Waals surface area contributed by atoms with E-state index in [4.69, 9.17) is 14.7 Å². The molecule has 0 radical (unpaired) electrons. The number of nitrogens with one attached hydrogen (secondary N) is 1. The number of carbonyl (C=O) groups is 1. The SMILES string of the molecule is N[C@@H]1CNC(c2nnc([C@@H]3CC[C@H]4CN3C(=O)N4OS(=O)(=O)O)o2)C1. The smallest absolute Gasteiger partial charge is 0.418 e. The van der Waals surface area contributed by atoms with Crippen molar-refractivity contribution in [3.05, 3.63) is 11.8 Å². The van der Waals surface area contributed by atoms with Crippen molar-refractivity contribution in [2.24, 2.45) is 5.73 Å². The Morgan fingerprint density at radius 2 is 2.08 bits per heavy atom. The van der Waals surface area contributed by atoms with E-state index >= 15 is 0 Å². The highest BCUT2D eigenvalue weighted by molar-refractivity contribution is 7.80. The normalized spacial score (nSPS) is 32.6. The van der Waals surface area contributed by atoms with Gasteiger partial charge in [-0.1, -0.05) is 0 Å². The summed E-state index contributed by atoms with van der Waals surface area (Å²) in [6.45, 7) is 0.920. The molecule has 3 aliphatic heterocycles. The molecule has 4 rings (SSSR count). The number of fused-ring (bicyclic) bond motifs is 2. The minimum Gasteiger partial charge on any atom is -0.421 e. The van der Waals surface area contributed by atoms with Gasteiger partial charge in [-0.25, -0.2) is 4.79 Å². The number of hydrogen-bond donors (Lipinski definition) is 3. The zero-order chi connectivity index (χ0) is 17.8. The lowest BCUT2D eigenvalue weighted by molar-refractivity contribution is -0.0317. The molecule has 0 saturated carbocycles. The summed E-state index contributed by atoms with van der Waals surface area (Å²) >= 11 is 0. The van der Waals surface area contributed by atoms with Gasteiger partial charge in [-0.05, 0) is 19.3 Å². The molecule has 3 saturated heterocycles. The Balaban J connectivity index is 1.51. The molecule has 0 aliphatic carbocycles. The van der Waals surface area contributed by atoms with Crippen LogP contribution in [0.25, 0.3) is 0 Å². The van der Waals surface area contributed by atoms with Crippen molar-refractivity contribution in [3.8, 4) is 0 Å². The van der Waals surface area contributed by atoms with Gasteiger partial charge >= 0.3 is 16.4 Å². The molecule has 138 valence electrons. The number of hydroxylamine groups is 2. The fraction of sp³-hybridized carbons (Fsp3) is 0.750. The van der Waals surface area contributed by atoms with Crippen molar-refractivity contribution < 1.29 is 26.5 Å². The fourth-order valence-corrected chi connectivity index (χ4v) is 3.95. The van der Waals surface area contributed by atoms with Crippen LogP contribution in [-0.4, -0.2) is 64.3 Å². The summed E-state index contributed by atoms with van der Waals surface area (Å²) in [5, 5.41) is 12.0. The van der Waals surface area contributed by atoms with E-state index in [1.54, 1.807) is 0 Å². The quantitative estimate of drug-likeness (QED) is 0.563. The molecule has 25 heavy (non-hydrogen) atoms. The molecule has 3 aliphatic rings. The van der Waals surface area contributed by atoms with Gasteiger partial charge in [-0.15, -0.1) is 14.5 Å². The maximum atomic E-state index is 12.4. The number of rotatable bonds is 4. The number of amides is 2. The van der Waals surface area contributed by atoms with E-state index < -0.39 is 28.5 Å². The summed E-state index contributed by atoms with van der Waals surface area (Å²) in [5.74, 6) is 0.709. The van der Waals surface area contributed by atoms with Crippen LogP contribution >= 0.6 is 0 Å². The monoisotopic (exact) mass is 374 g/mol. The molecule has 4 heterocycles. The molecule has 1 aromatic rings. The summed E-state index contributed by atoms with van der Waals surface area (Å²) < 4.78 is 40.8. The summed E-state index contributed by atoms with van der Waals surface area (Å²) in [7, 11) is -4.77. The molecule has 0 aromatic carbocycles. The molecular weight excluding hydrogens is 356 g/mol. The summed E-state index contributed by atoms with van der Waals surface area (Å²) in [6, 6.07) is -1.66. The third kappa shape index (κ3) is 3.08. The molecular formula is C12H18N6O6S. The van der Waals surface area contributed by atoms with Crippen molar-refractivity contribution in [2.75, 3.05) is 13.1 Å². The Kier molecular flexibility index (Phi) is 3.92. The second kappa shape index (κ2) is 5.88. The predicted molar refractivity (Wildman–Crippen MR) is 80.0 cm³/mol. The van der Waals surface area contributed by atoms with E-state index in [0.29, 0.717) is 36.8 Å². The van der Waals surface area contributed by atoms with Crippen LogP contribution in [0, 0.1) is 0 Å². The van der Waals surface area contributed by atoms with Crippen LogP contribution in [-0.2, 0) is 14.7 Å². The third-order valence-corrected chi connectivity index (χ3v) is 5.05. The van der Waals surface area contributed by atoms with Gasteiger partial charge < -0.3 is 20.4 Å². The van der Waals surface area contributed by atoms with Crippen LogP contribution in [0.15, 0.2) is 4.42 Å². The van der Waals surface area contributed by atoms with E-state index in [2.05, 4.69) is 19.8 Å². The van der Waals surface area contributed by atoms with Crippen LogP contribution < -0.4 is 11.1 Å². The van der Waals surface area contributed by atoms with Crippen molar-refractivity contribution >= 4 is 16.4 Å². The van der Waals surface area contributed by atoms with Gasteiger partial charge in [0.15, 0.2) is 0 Å². The first-order valence-electron chi connectivity index (χ1n) is 7.91. The Labute approximate surface area is 143 Å². The van der Waals surface area contributed by atoms with Gasteiger partial charge in [0.05, 0.1) is 12.1 Å². The van der Waals surface area contributed by atoms with Crippen LogP contribution in [0.3, 0.4) is 0 Å². The van der Waals surface area contributed by atoms with E-state index in [-0.39, 0.29) is 24.5 Å². The largest absolute Gasteiger partial charge is 0.421 e. The lowest BCUT2D eigenvalue weighted by Crippen LogP contribution is -2.35. The zero-order valence-electron chi connectivity index (χ0n) is 13.1. The maximum Gasteiger partial charge on any atom is 0.418 e. The van der Waals surface area contributed by atoms with E-state index in [0.717, 1.165) is 0 Å². The van der Waals surface area contributed by atoms with Crippen LogP contribution in [0.1, 0.15) is 43.1 Å². The predicted octanol–water partition coefficient (Wildman–Crippen LogP) is -0.893. The van der Waals surface area contributed by atoms with Gasteiger partial charge in [0.25, 0.3) is 0 Å². The van der Waals surface area contributed by atoms with Crippen molar-refractivity contribution in [1.29, 1.82) is 0 Å². The lowest BCUT2D eigenvalue weighted by Gasteiger charge is -2.27. The molecule has 1 aromatic heterocycles. The Hall–Kier alpha value is -1.80. The first kappa shape index (κ1) is 16.7. The third-order valence-electron chi connectivity index (χ3n) is 4.70. The Morgan fingerprint density at radius 3 is 2.76 bits per heavy atom. The number of hydrogen-bond acceptors (Lipinski definition) is 9. The molecule has 4 atom stereocenters. The summed E-state index contributed by atoms with van der Waals surface area (Å²) in [6.07, 6.45) is 1.68. The highest BCUT2D eigenvalue weighted by Crippen LogP contribution is 2.38. The number of aromatic nitrogens is 2. The highest BCUT2D eigenvalue weighted by Gasteiger charge is 2.49. The van der Waals surface area contributed by atoms with Crippen molar-refractivity contribution in [1.82, 2.24) is 25.5 Å². The fourth-order valence-electron chi connectivity index (χ4n) is 3.56. The van der Waals surface area contributed by atoms with Crippen LogP contribution in [0.4, 0.5) is 4.79 Å². The molecule has 2 bridgehead atoms. The van der Waals surface area contributed by atoms with Gasteiger partial charge in [-0.2, -0.15) is 13.5 Å². The van der Waals surface area contributed by atoms with Gasteiger partial charge in [0, 0.05) is 19.1 Å². The average Bonchev–Trinajstić information content (AvgIpc) is 3.23. The standard InChI is InChI=1S/C12H18N6O6S/c13-6-3-8(14-4-6)10-15-16-11(23-10)9-2-1-7-5-17(9)12(19)18(7)24-25(20,21)22/h6-9,14H,1-5,13H2,(H,20,21,22)/t6-,7-,8?,9-/m0/s1. The average molecular weight is 374 g/mol. The lowest BCUT2D eigenvalue weighted by atomic mass is 10.0. The van der Waals surface area contributed by atoms with E-state index in [1.165, 1.54) is 4.90 Å². The second-order valence-corrected chi connectivity index (χ2v) is 7.45. The maximum absolute atomic E-state index is 12.4. The second-order valence-electron chi connectivity index (χ2n) is 6.45. The first-order valence-corrected chi connectivity index (χ1v) is 9.27. The van der Waals surface area contributed by atoms with E-state index in [1.807, 2.05) is 0 Å². The molecule has 0 spiro atoms. The Morgan fingerprint density at radius 1 is 1.32 bits per heavy atom.